The Bertz CT molecular complexity index is 897. The molecule has 3 heteroatoms. The molecule has 4 rings (SSSR count). The summed E-state index contributed by atoms with van der Waals surface area (Å²) in [5.74, 6) is 1.04. The maximum atomic E-state index is 6.37. The number of halogens is 1. The SMILES string of the molecule is CN1CCCC1CCOc1cc(-c2ccccc2)ccc1CCc1ccccc1.Cl. The maximum Gasteiger partial charge on any atom is 0.123 e. The van der Waals surface area contributed by atoms with Gasteiger partial charge in [-0.25, -0.2) is 0 Å². The second-order valence-corrected chi connectivity index (χ2v) is 8.09. The zero-order valence-corrected chi connectivity index (χ0v) is 18.6. The van der Waals surface area contributed by atoms with E-state index in [0.29, 0.717) is 6.04 Å². The fourth-order valence-corrected chi connectivity index (χ4v) is 4.28. The first-order valence-corrected chi connectivity index (χ1v) is 10.8. The van der Waals surface area contributed by atoms with Gasteiger partial charge in [-0.1, -0.05) is 72.8 Å². The fourth-order valence-electron chi connectivity index (χ4n) is 4.28. The largest absolute Gasteiger partial charge is 0.493 e. The molecule has 1 fully saturated rings. The molecule has 1 saturated heterocycles. The number of aryl methyl sites for hydroxylation is 2. The van der Waals surface area contributed by atoms with Crippen molar-refractivity contribution in [2.24, 2.45) is 0 Å². The van der Waals surface area contributed by atoms with E-state index in [2.05, 4.69) is 90.8 Å². The molecular formula is C27H32ClNO. The first-order valence-electron chi connectivity index (χ1n) is 10.8. The average molecular weight is 422 g/mol. The minimum absolute atomic E-state index is 0. The molecule has 1 heterocycles. The molecule has 0 bridgehead atoms. The van der Waals surface area contributed by atoms with Crippen LogP contribution in [0.15, 0.2) is 78.9 Å². The van der Waals surface area contributed by atoms with Crippen molar-refractivity contribution in [3.63, 3.8) is 0 Å². The molecule has 0 saturated carbocycles. The van der Waals surface area contributed by atoms with Crippen LogP contribution >= 0.6 is 12.4 Å². The van der Waals surface area contributed by atoms with Gasteiger partial charge in [0.1, 0.15) is 5.75 Å². The van der Waals surface area contributed by atoms with Crippen molar-refractivity contribution in [1.29, 1.82) is 0 Å². The lowest BCUT2D eigenvalue weighted by Gasteiger charge is -2.20. The van der Waals surface area contributed by atoms with Crippen molar-refractivity contribution < 1.29 is 4.74 Å². The molecule has 0 aromatic heterocycles. The molecule has 0 aliphatic carbocycles. The van der Waals surface area contributed by atoms with Crippen LogP contribution in [0.5, 0.6) is 5.75 Å². The van der Waals surface area contributed by atoms with Gasteiger partial charge in [-0.15, -0.1) is 12.4 Å². The van der Waals surface area contributed by atoms with Gasteiger partial charge in [0.15, 0.2) is 0 Å². The molecule has 3 aromatic carbocycles. The molecule has 1 aliphatic rings. The summed E-state index contributed by atoms with van der Waals surface area (Å²) in [4.78, 5) is 2.47. The van der Waals surface area contributed by atoms with Gasteiger partial charge < -0.3 is 9.64 Å². The topological polar surface area (TPSA) is 12.5 Å². The molecule has 1 aliphatic heterocycles. The van der Waals surface area contributed by atoms with Crippen molar-refractivity contribution in [3.8, 4) is 16.9 Å². The normalized spacial score (nSPS) is 16.2. The summed E-state index contributed by atoms with van der Waals surface area (Å²) in [6.45, 7) is 2.00. The summed E-state index contributed by atoms with van der Waals surface area (Å²) in [6.07, 6.45) is 5.74. The highest BCUT2D eigenvalue weighted by Crippen LogP contribution is 2.29. The number of benzene rings is 3. The Morgan fingerprint density at radius 3 is 2.30 bits per heavy atom. The third kappa shape index (κ3) is 5.87. The van der Waals surface area contributed by atoms with E-state index in [-0.39, 0.29) is 12.4 Å². The fraction of sp³-hybridized carbons (Fsp3) is 0.333. The number of nitrogens with zero attached hydrogens (tertiary/aromatic N) is 1. The molecule has 0 amide bonds. The van der Waals surface area contributed by atoms with Gasteiger partial charge in [-0.3, -0.25) is 0 Å². The quantitative estimate of drug-likeness (QED) is 0.415. The van der Waals surface area contributed by atoms with Gasteiger partial charge in [-0.2, -0.15) is 0 Å². The molecule has 1 unspecified atom stereocenters. The molecule has 0 radical (unpaired) electrons. The van der Waals surface area contributed by atoms with Crippen LogP contribution < -0.4 is 4.74 Å². The first kappa shape index (κ1) is 22.4. The highest BCUT2D eigenvalue weighted by molar-refractivity contribution is 5.85. The van der Waals surface area contributed by atoms with Crippen LogP contribution in [0.1, 0.15) is 30.4 Å². The molecular weight excluding hydrogens is 390 g/mol. The van der Waals surface area contributed by atoms with Crippen LogP contribution in [-0.4, -0.2) is 31.1 Å². The molecule has 0 N–H and O–H groups in total. The van der Waals surface area contributed by atoms with E-state index in [1.165, 1.54) is 41.6 Å². The number of likely N-dealkylation sites (tertiary alicyclic amines) is 1. The van der Waals surface area contributed by atoms with Gasteiger partial charge in [0, 0.05) is 6.04 Å². The standard InChI is InChI=1S/C27H31NO.ClH/c1-28-19-8-13-26(28)18-20-29-27-21-25(23-11-6-3-7-12-23)17-16-24(27)15-14-22-9-4-2-5-10-22;/h2-7,9-12,16-17,21,26H,8,13-15,18-20H2,1H3;1H. The van der Waals surface area contributed by atoms with E-state index < -0.39 is 0 Å². The van der Waals surface area contributed by atoms with Gasteiger partial charge in [-0.05, 0) is 74.0 Å². The van der Waals surface area contributed by atoms with Crippen LogP contribution in [0.3, 0.4) is 0 Å². The minimum Gasteiger partial charge on any atom is -0.493 e. The number of ether oxygens (including phenoxy) is 1. The van der Waals surface area contributed by atoms with Crippen LogP contribution in [0.25, 0.3) is 11.1 Å². The summed E-state index contributed by atoms with van der Waals surface area (Å²) in [5.41, 5.74) is 5.14. The molecule has 2 nitrogen and oxygen atoms in total. The summed E-state index contributed by atoms with van der Waals surface area (Å²) in [6, 6.07) is 28.7. The lowest BCUT2D eigenvalue weighted by Crippen LogP contribution is -2.26. The minimum atomic E-state index is 0. The molecule has 30 heavy (non-hydrogen) atoms. The summed E-state index contributed by atoms with van der Waals surface area (Å²) < 4.78 is 6.37. The van der Waals surface area contributed by atoms with E-state index >= 15 is 0 Å². The predicted octanol–water partition coefficient (Wildman–Crippen LogP) is 6.42. The second kappa shape index (κ2) is 11.2. The third-order valence-electron chi connectivity index (χ3n) is 6.08. The van der Waals surface area contributed by atoms with E-state index in [4.69, 9.17) is 4.74 Å². The Balaban J connectivity index is 0.00000256. The molecule has 1 atom stereocenters. The summed E-state index contributed by atoms with van der Waals surface area (Å²) >= 11 is 0. The maximum absolute atomic E-state index is 6.37. The first-order chi connectivity index (χ1) is 14.3. The van der Waals surface area contributed by atoms with E-state index in [1.807, 2.05) is 0 Å². The van der Waals surface area contributed by atoms with Gasteiger partial charge >= 0.3 is 0 Å². The van der Waals surface area contributed by atoms with E-state index in [0.717, 1.165) is 31.6 Å². The average Bonchev–Trinajstić information content (AvgIpc) is 3.19. The monoisotopic (exact) mass is 421 g/mol. The summed E-state index contributed by atoms with van der Waals surface area (Å²) in [7, 11) is 2.24. The van der Waals surface area contributed by atoms with Gasteiger partial charge in [0.2, 0.25) is 0 Å². The molecule has 3 aromatic rings. The smallest absolute Gasteiger partial charge is 0.123 e. The summed E-state index contributed by atoms with van der Waals surface area (Å²) in [5, 5.41) is 0. The lowest BCUT2D eigenvalue weighted by molar-refractivity contribution is 0.232. The highest BCUT2D eigenvalue weighted by atomic mass is 35.5. The Hall–Kier alpha value is -2.29. The van der Waals surface area contributed by atoms with Crippen LogP contribution in [0.2, 0.25) is 0 Å². The van der Waals surface area contributed by atoms with E-state index in [1.54, 1.807) is 0 Å². The molecule has 0 spiro atoms. The third-order valence-corrected chi connectivity index (χ3v) is 6.08. The van der Waals surface area contributed by atoms with Crippen LogP contribution in [-0.2, 0) is 12.8 Å². The van der Waals surface area contributed by atoms with Gasteiger partial charge in [0.05, 0.1) is 6.61 Å². The lowest BCUT2D eigenvalue weighted by atomic mass is 9.99. The van der Waals surface area contributed by atoms with Crippen molar-refractivity contribution in [1.82, 2.24) is 4.90 Å². The van der Waals surface area contributed by atoms with Gasteiger partial charge in [0.25, 0.3) is 0 Å². The number of rotatable bonds is 8. The van der Waals surface area contributed by atoms with Crippen molar-refractivity contribution in [2.45, 2.75) is 38.1 Å². The number of hydrogen-bond donors (Lipinski definition) is 0. The van der Waals surface area contributed by atoms with Crippen molar-refractivity contribution in [2.75, 3.05) is 20.2 Å². The Morgan fingerprint density at radius 1 is 0.867 bits per heavy atom. The Morgan fingerprint density at radius 2 is 1.60 bits per heavy atom. The van der Waals surface area contributed by atoms with Crippen molar-refractivity contribution in [3.05, 3.63) is 90.0 Å². The zero-order valence-electron chi connectivity index (χ0n) is 17.8. The van der Waals surface area contributed by atoms with Crippen LogP contribution in [0.4, 0.5) is 0 Å². The Labute approximate surface area is 187 Å². The number of hydrogen-bond acceptors (Lipinski definition) is 2. The van der Waals surface area contributed by atoms with Crippen LogP contribution in [0, 0.1) is 0 Å². The Kier molecular flexibility index (Phi) is 8.36. The second-order valence-electron chi connectivity index (χ2n) is 8.09. The molecule has 158 valence electrons. The predicted molar refractivity (Wildman–Crippen MR) is 129 cm³/mol. The zero-order chi connectivity index (χ0) is 19.9. The van der Waals surface area contributed by atoms with Crippen molar-refractivity contribution >= 4 is 12.4 Å². The highest BCUT2D eigenvalue weighted by Gasteiger charge is 2.20. The van der Waals surface area contributed by atoms with E-state index in [9.17, 15) is 0 Å².